The van der Waals surface area contributed by atoms with Crippen LogP contribution in [-0.2, 0) is 22.4 Å². The summed E-state index contributed by atoms with van der Waals surface area (Å²) in [4.78, 5) is 35.0. The molecule has 2 rings (SSSR count). The maximum Gasteiger partial charge on any atom is 0.303 e. The minimum absolute atomic E-state index is 0.119. The Morgan fingerprint density at radius 3 is 2.71 bits per heavy atom. The molecule has 21 heavy (non-hydrogen) atoms. The van der Waals surface area contributed by atoms with E-state index >= 15 is 0 Å². The number of carboxylic acid groups (broad SMARTS) is 1. The summed E-state index contributed by atoms with van der Waals surface area (Å²) in [6, 6.07) is 0. The van der Waals surface area contributed by atoms with Crippen molar-refractivity contribution in [1.29, 1.82) is 0 Å². The molecule has 2 amide bonds. The second-order valence-corrected chi connectivity index (χ2v) is 6.47. The normalized spacial score (nSPS) is 17.1. The molecule has 6 nitrogen and oxygen atoms in total. The lowest BCUT2D eigenvalue weighted by molar-refractivity contribution is -0.138. The van der Waals surface area contributed by atoms with Crippen LogP contribution in [0, 0.1) is 5.92 Å². The zero-order chi connectivity index (χ0) is 15.6. The van der Waals surface area contributed by atoms with Gasteiger partial charge in [0.1, 0.15) is 5.00 Å². The standard InChI is InChI=1S/C14H18N2O4S/c1-7-2-3-8-9(6-7)21-14(12(8)13(15)20)16-10(17)4-5-11(18)19/h7H,2-6H2,1H3,(H2,15,20)(H,16,17)(H,18,19)/t7-/m1/s1. The van der Waals surface area contributed by atoms with Gasteiger partial charge in [-0.25, -0.2) is 0 Å². The number of nitrogens with two attached hydrogens (primary N) is 1. The highest BCUT2D eigenvalue weighted by Gasteiger charge is 2.27. The summed E-state index contributed by atoms with van der Waals surface area (Å²) in [6.45, 7) is 2.15. The van der Waals surface area contributed by atoms with Crippen molar-refractivity contribution in [2.75, 3.05) is 5.32 Å². The van der Waals surface area contributed by atoms with Crippen LogP contribution in [0.1, 0.15) is 47.0 Å². The van der Waals surface area contributed by atoms with E-state index in [2.05, 4.69) is 12.2 Å². The van der Waals surface area contributed by atoms with Gasteiger partial charge in [0.2, 0.25) is 5.91 Å². The van der Waals surface area contributed by atoms with Gasteiger partial charge in [-0.05, 0) is 30.7 Å². The van der Waals surface area contributed by atoms with Gasteiger partial charge < -0.3 is 16.2 Å². The van der Waals surface area contributed by atoms with E-state index < -0.39 is 17.8 Å². The molecule has 0 bridgehead atoms. The summed E-state index contributed by atoms with van der Waals surface area (Å²) in [5, 5.41) is 11.7. The lowest BCUT2D eigenvalue weighted by Crippen LogP contribution is -2.19. The molecule has 114 valence electrons. The third kappa shape index (κ3) is 3.60. The molecule has 0 saturated carbocycles. The molecule has 1 aliphatic rings. The molecule has 0 saturated heterocycles. The van der Waals surface area contributed by atoms with Crippen molar-refractivity contribution in [2.24, 2.45) is 11.7 Å². The van der Waals surface area contributed by atoms with Gasteiger partial charge in [0, 0.05) is 11.3 Å². The van der Waals surface area contributed by atoms with Crippen LogP contribution in [0.5, 0.6) is 0 Å². The lowest BCUT2D eigenvalue weighted by Gasteiger charge is -2.18. The Bertz CT molecular complexity index is 594. The van der Waals surface area contributed by atoms with Gasteiger partial charge in [-0.3, -0.25) is 14.4 Å². The van der Waals surface area contributed by atoms with Crippen LogP contribution in [0.25, 0.3) is 0 Å². The van der Waals surface area contributed by atoms with Gasteiger partial charge >= 0.3 is 5.97 Å². The fraction of sp³-hybridized carbons (Fsp3) is 0.500. The average Bonchev–Trinajstić information content (AvgIpc) is 2.73. The van der Waals surface area contributed by atoms with Gasteiger partial charge in [0.25, 0.3) is 5.91 Å². The van der Waals surface area contributed by atoms with Gasteiger partial charge in [0.05, 0.1) is 12.0 Å². The average molecular weight is 310 g/mol. The fourth-order valence-corrected chi connectivity index (χ4v) is 3.94. The van der Waals surface area contributed by atoms with Crippen LogP contribution in [0.2, 0.25) is 0 Å². The Labute approximate surface area is 126 Å². The minimum atomic E-state index is -1.03. The summed E-state index contributed by atoms with van der Waals surface area (Å²) in [7, 11) is 0. The summed E-state index contributed by atoms with van der Waals surface area (Å²) < 4.78 is 0. The number of thiophene rings is 1. The number of anilines is 1. The second kappa shape index (κ2) is 6.26. The van der Waals surface area contributed by atoms with Crippen molar-refractivity contribution in [1.82, 2.24) is 0 Å². The number of fused-ring (bicyclic) bond motifs is 1. The molecule has 0 fully saturated rings. The SMILES string of the molecule is C[C@@H]1CCc2c(sc(NC(=O)CCC(=O)O)c2C(N)=O)C1. The van der Waals surface area contributed by atoms with E-state index in [1.54, 1.807) is 0 Å². The Morgan fingerprint density at radius 2 is 2.10 bits per heavy atom. The van der Waals surface area contributed by atoms with E-state index in [0.717, 1.165) is 29.7 Å². The largest absolute Gasteiger partial charge is 0.481 e. The van der Waals surface area contributed by atoms with E-state index in [1.807, 2.05) is 0 Å². The zero-order valence-electron chi connectivity index (χ0n) is 11.8. The highest BCUT2D eigenvalue weighted by Crippen LogP contribution is 2.39. The third-order valence-electron chi connectivity index (χ3n) is 3.58. The van der Waals surface area contributed by atoms with E-state index in [4.69, 9.17) is 10.8 Å². The molecule has 0 spiro atoms. The molecule has 1 aromatic rings. The molecule has 1 heterocycles. The molecule has 1 atom stereocenters. The smallest absolute Gasteiger partial charge is 0.303 e. The quantitative estimate of drug-likeness (QED) is 0.770. The molecule has 1 aliphatic carbocycles. The van der Waals surface area contributed by atoms with Crippen molar-refractivity contribution in [3.8, 4) is 0 Å². The number of carbonyl (C=O) groups is 3. The van der Waals surface area contributed by atoms with Crippen LogP contribution in [-0.4, -0.2) is 22.9 Å². The van der Waals surface area contributed by atoms with E-state index in [9.17, 15) is 14.4 Å². The number of carbonyl (C=O) groups excluding carboxylic acids is 2. The van der Waals surface area contributed by atoms with Crippen molar-refractivity contribution in [3.05, 3.63) is 16.0 Å². The summed E-state index contributed by atoms with van der Waals surface area (Å²) in [6.07, 6.45) is 2.31. The number of carboxylic acids is 1. The number of primary amides is 1. The predicted octanol–water partition coefficient (Wildman–Crippen LogP) is 1.78. The first-order valence-corrected chi connectivity index (χ1v) is 7.66. The van der Waals surface area contributed by atoms with Crippen molar-refractivity contribution >= 4 is 34.1 Å². The van der Waals surface area contributed by atoms with Crippen LogP contribution in [0.4, 0.5) is 5.00 Å². The third-order valence-corrected chi connectivity index (χ3v) is 4.75. The number of rotatable bonds is 5. The molecule has 0 unspecified atom stereocenters. The molecule has 0 radical (unpaired) electrons. The van der Waals surface area contributed by atoms with Crippen LogP contribution in [0.15, 0.2) is 0 Å². The number of hydrogen-bond acceptors (Lipinski definition) is 4. The molecular formula is C14H18N2O4S. The van der Waals surface area contributed by atoms with E-state index in [0.29, 0.717) is 16.5 Å². The number of hydrogen-bond donors (Lipinski definition) is 3. The molecule has 0 aromatic carbocycles. The monoisotopic (exact) mass is 310 g/mol. The Hall–Kier alpha value is -1.89. The van der Waals surface area contributed by atoms with Crippen LogP contribution in [0.3, 0.4) is 0 Å². The van der Waals surface area contributed by atoms with Crippen molar-refractivity contribution in [2.45, 2.75) is 39.0 Å². The highest BCUT2D eigenvalue weighted by atomic mass is 32.1. The highest BCUT2D eigenvalue weighted by molar-refractivity contribution is 7.17. The van der Waals surface area contributed by atoms with Gasteiger partial charge in [0.15, 0.2) is 0 Å². The first kappa shape index (κ1) is 15.5. The van der Waals surface area contributed by atoms with E-state index in [-0.39, 0.29) is 12.8 Å². The predicted molar refractivity (Wildman–Crippen MR) is 79.5 cm³/mol. The van der Waals surface area contributed by atoms with Crippen LogP contribution >= 0.6 is 11.3 Å². The van der Waals surface area contributed by atoms with Crippen LogP contribution < -0.4 is 11.1 Å². The summed E-state index contributed by atoms with van der Waals surface area (Å²) in [5.74, 6) is -1.44. The maximum absolute atomic E-state index is 11.7. The molecule has 4 N–H and O–H groups in total. The van der Waals surface area contributed by atoms with Crippen molar-refractivity contribution < 1.29 is 19.5 Å². The second-order valence-electron chi connectivity index (χ2n) is 5.36. The summed E-state index contributed by atoms with van der Waals surface area (Å²) in [5.41, 5.74) is 6.78. The van der Waals surface area contributed by atoms with Gasteiger partial charge in [-0.1, -0.05) is 6.92 Å². The topological polar surface area (TPSA) is 109 Å². The molecule has 1 aromatic heterocycles. The molecule has 0 aliphatic heterocycles. The Kier molecular flexibility index (Phi) is 4.62. The lowest BCUT2D eigenvalue weighted by atomic mass is 9.88. The summed E-state index contributed by atoms with van der Waals surface area (Å²) >= 11 is 1.38. The van der Waals surface area contributed by atoms with Gasteiger partial charge in [-0.15, -0.1) is 11.3 Å². The Morgan fingerprint density at radius 1 is 1.38 bits per heavy atom. The Balaban J connectivity index is 2.21. The maximum atomic E-state index is 11.7. The first-order valence-electron chi connectivity index (χ1n) is 6.84. The zero-order valence-corrected chi connectivity index (χ0v) is 12.6. The number of aliphatic carboxylic acids is 1. The number of nitrogens with one attached hydrogen (secondary N) is 1. The van der Waals surface area contributed by atoms with E-state index in [1.165, 1.54) is 11.3 Å². The molecular weight excluding hydrogens is 292 g/mol. The van der Waals surface area contributed by atoms with Gasteiger partial charge in [-0.2, -0.15) is 0 Å². The number of amides is 2. The fourth-order valence-electron chi connectivity index (χ4n) is 2.51. The minimum Gasteiger partial charge on any atom is -0.481 e. The first-order chi connectivity index (χ1) is 9.88. The molecule has 7 heteroatoms. The van der Waals surface area contributed by atoms with Crippen molar-refractivity contribution in [3.63, 3.8) is 0 Å².